The quantitative estimate of drug-likeness (QED) is 0.529. The first kappa shape index (κ1) is 18.6. The summed E-state index contributed by atoms with van der Waals surface area (Å²) in [6.45, 7) is 10.1. The van der Waals surface area contributed by atoms with Crippen molar-refractivity contribution >= 4 is 17.3 Å². The van der Waals surface area contributed by atoms with E-state index < -0.39 is 0 Å². The van der Waals surface area contributed by atoms with Crippen molar-refractivity contribution in [1.82, 2.24) is 14.6 Å². The molecule has 6 nitrogen and oxygen atoms in total. The molecule has 0 unspecified atom stereocenters. The highest BCUT2D eigenvalue weighted by Gasteiger charge is 2.26. The Balaban J connectivity index is 1.50. The van der Waals surface area contributed by atoms with Crippen molar-refractivity contribution in [1.29, 1.82) is 0 Å². The summed E-state index contributed by atoms with van der Waals surface area (Å²) in [5, 5.41) is 4.90. The van der Waals surface area contributed by atoms with Crippen LogP contribution in [0.3, 0.4) is 0 Å². The van der Waals surface area contributed by atoms with Gasteiger partial charge in [0.15, 0.2) is 5.65 Å². The molecule has 0 atom stereocenters. The zero-order valence-corrected chi connectivity index (χ0v) is 17.8. The van der Waals surface area contributed by atoms with Gasteiger partial charge in [0, 0.05) is 23.4 Å². The molecule has 0 amide bonds. The van der Waals surface area contributed by atoms with Crippen LogP contribution in [0.1, 0.15) is 17.0 Å². The molecular weight excluding hydrogens is 372 g/mol. The molecule has 0 radical (unpaired) electrons. The van der Waals surface area contributed by atoms with Crippen LogP contribution in [0.15, 0.2) is 54.7 Å². The number of aryl methyl sites for hydroxylation is 3. The van der Waals surface area contributed by atoms with Crippen molar-refractivity contribution in [2.45, 2.75) is 20.8 Å². The van der Waals surface area contributed by atoms with Crippen LogP contribution in [0.25, 0.3) is 16.8 Å². The molecule has 0 spiro atoms. The van der Waals surface area contributed by atoms with Gasteiger partial charge in [-0.25, -0.2) is 9.97 Å². The van der Waals surface area contributed by atoms with Gasteiger partial charge in [0.2, 0.25) is 0 Å². The first-order valence-corrected chi connectivity index (χ1v) is 10.5. The van der Waals surface area contributed by atoms with E-state index in [0.717, 1.165) is 54.6 Å². The van der Waals surface area contributed by atoms with Crippen LogP contribution in [0.2, 0.25) is 0 Å². The monoisotopic (exact) mass is 399 g/mol. The Kier molecular flexibility index (Phi) is 4.62. The summed E-state index contributed by atoms with van der Waals surface area (Å²) in [4.78, 5) is 13.0. The van der Waals surface area contributed by atoms with E-state index in [4.69, 9.17) is 10.1 Å². The fourth-order valence-corrected chi connectivity index (χ4v) is 4.27. The lowest BCUT2D eigenvalue weighted by Gasteiger charge is -2.32. The Bertz CT molecular complexity index is 1170. The first-order chi connectivity index (χ1) is 14.6. The van der Waals surface area contributed by atoms with Crippen molar-refractivity contribution in [3.63, 3.8) is 0 Å². The zero-order chi connectivity index (χ0) is 20.7. The van der Waals surface area contributed by atoms with Gasteiger partial charge in [-0.15, -0.1) is 0 Å². The lowest BCUT2D eigenvalue weighted by atomic mass is 10.0. The summed E-state index contributed by atoms with van der Waals surface area (Å²) in [5.41, 5.74) is 6.51. The Labute approximate surface area is 176 Å². The molecule has 3 aromatic heterocycles. The molecule has 1 aliphatic heterocycles. The summed E-state index contributed by atoms with van der Waals surface area (Å²) in [7, 11) is 0. The van der Waals surface area contributed by atoms with E-state index in [1.54, 1.807) is 0 Å². The molecule has 1 saturated heterocycles. The van der Waals surface area contributed by atoms with Crippen LogP contribution in [0, 0.1) is 20.8 Å². The molecule has 0 saturated carbocycles. The summed E-state index contributed by atoms with van der Waals surface area (Å²) < 4.78 is 2.03. The number of aromatic amines is 1. The van der Waals surface area contributed by atoms with Crippen LogP contribution < -0.4 is 14.8 Å². The maximum absolute atomic E-state index is 4.90. The van der Waals surface area contributed by atoms with Crippen molar-refractivity contribution < 1.29 is 4.98 Å². The van der Waals surface area contributed by atoms with Crippen molar-refractivity contribution in [2.24, 2.45) is 0 Å². The van der Waals surface area contributed by atoms with Gasteiger partial charge in [-0.05, 0) is 32.4 Å². The van der Waals surface area contributed by atoms with Gasteiger partial charge in [-0.1, -0.05) is 35.9 Å². The highest BCUT2D eigenvalue weighted by molar-refractivity contribution is 5.81. The Morgan fingerprint density at radius 3 is 2.30 bits per heavy atom. The molecule has 1 aromatic carbocycles. The van der Waals surface area contributed by atoms with Gasteiger partial charge in [-0.3, -0.25) is 4.90 Å². The number of rotatable bonds is 3. The van der Waals surface area contributed by atoms with Gasteiger partial charge in [-0.2, -0.15) is 9.61 Å². The minimum absolute atomic E-state index is 0.935. The van der Waals surface area contributed by atoms with Crippen molar-refractivity contribution in [3.8, 4) is 11.1 Å². The third-order valence-corrected chi connectivity index (χ3v) is 5.85. The van der Waals surface area contributed by atoms with Crippen molar-refractivity contribution in [2.75, 3.05) is 36.0 Å². The summed E-state index contributed by atoms with van der Waals surface area (Å²) in [6, 6.07) is 17.0. The van der Waals surface area contributed by atoms with E-state index >= 15 is 0 Å². The molecule has 1 N–H and O–H groups in total. The fraction of sp³-hybridized carbons (Fsp3) is 0.292. The second-order valence-electron chi connectivity index (χ2n) is 8.04. The molecule has 152 valence electrons. The SMILES string of the molecule is Cc1ccc(-c2c(C)nn3c(N4CCN(c5cccc[nH+]5)CC4)cc(C)nc23)cc1. The van der Waals surface area contributed by atoms with Crippen LogP contribution in [0.5, 0.6) is 0 Å². The molecule has 4 heterocycles. The summed E-state index contributed by atoms with van der Waals surface area (Å²) >= 11 is 0. The molecule has 5 rings (SSSR count). The Hall–Kier alpha value is -3.41. The van der Waals surface area contributed by atoms with E-state index in [-0.39, 0.29) is 0 Å². The number of hydrogen-bond donors (Lipinski definition) is 0. The van der Waals surface area contributed by atoms with Crippen LogP contribution in [0.4, 0.5) is 11.6 Å². The fourth-order valence-electron chi connectivity index (χ4n) is 4.27. The number of fused-ring (bicyclic) bond motifs is 1. The molecule has 1 aliphatic rings. The number of aromatic nitrogens is 4. The van der Waals surface area contributed by atoms with E-state index in [0.29, 0.717) is 0 Å². The molecule has 0 aliphatic carbocycles. The average molecular weight is 400 g/mol. The van der Waals surface area contributed by atoms with Crippen molar-refractivity contribution in [3.05, 3.63) is 71.7 Å². The van der Waals surface area contributed by atoms with E-state index in [9.17, 15) is 0 Å². The number of piperazine rings is 1. The van der Waals surface area contributed by atoms with Gasteiger partial charge in [0.05, 0.1) is 25.0 Å². The summed E-state index contributed by atoms with van der Waals surface area (Å²) in [6.07, 6.45) is 1.98. The third kappa shape index (κ3) is 3.28. The molecule has 6 heteroatoms. The number of nitrogens with zero attached hydrogens (tertiary/aromatic N) is 5. The normalized spacial score (nSPS) is 14.5. The van der Waals surface area contributed by atoms with Gasteiger partial charge >= 0.3 is 0 Å². The third-order valence-electron chi connectivity index (χ3n) is 5.85. The van der Waals surface area contributed by atoms with Crippen LogP contribution in [-0.4, -0.2) is 40.8 Å². The largest absolute Gasteiger partial charge is 0.349 e. The number of H-pyrrole nitrogens is 1. The molecule has 30 heavy (non-hydrogen) atoms. The molecule has 4 aromatic rings. The Morgan fingerprint density at radius 1 is 0.867 bits per heavy atom. The first-order valence-electron chi connectivity index (χ1n) is 10.5. The summed E-state index contributed by atoms with van der Waals surface area (Å²) in [5.74, 6) is 2.29. The second-order valence-corrected chi connectivity index (χ2v) is 8.04. The predicted octanol–water partition coefficient (Wildman–Crippen LogP) is 3.46. The zero-order valence-electron chi connectivity index (χ0n) is 17.8. The van der Waals surface area contributed by atoms with Gasteiger partial charge < -0.3 is 4.90 Å². The minimum Gasteiger partial charge on any atom is -0.349 e. The van der Waals surface area contributed by atoms with Gasteiger partial charge in [0.1, 0.15) is 18.9 Å². The predicted molar refractivity (Wildman–Crippen MR) is 120 cm³/mol. The topological polar surface area (TPSA) is 50.8 Å². The highest BCUT2D eigenvalue weighted by Crippen LogP contribution is 2.30. The van der Waals surface area contributed by atoms with Crippen LogP contribution in [-0.2, 0) is 0 Å². The number of pyridine rings is 1. The molecule has 1 fully saturated rings. The highest BCUT2D eigenvalue weighted by atomic mass is 15.4. The number of anilines is 2. The van der Waals surface area contributed by atoms with Crippen LogP contribution >= 0.6 is 0 Å². The van der Waals surface area contributed by atoms with E-state index in [1.807, 2.05) is 16.8 Å². The maximum Gasteiger partial charge on any atom is 0.274 e. The van der Waals surface area contributed by atoms with Gasteiger partial charge in [0.25, 0.3) is 5.82 Å². The van der Waals surface area contributed by atoms with E-state index in [1.165, 1.54) is 16.9 Å². The smallest absolute Gasteiger partial charge is 0.274 e. The number of hydrogen-bond acceptors (Lipinski definition) is 4. The van der Waals surface area contributed by atoms with E-state index in [2.05, 4.69) is 78.0 Å². The second kappa shape index (κ2) is 7.44. The number of nitrogens with one attached hydrogen (secondary N) is 1. The number of benzene rings is 1. The molecular formula is C24H27N6+. The standard InChI is InChI=1S/C24H26N6/c1-17-7-9-20(10-8-17)23-19(3)27-30-22(16-18(2)26-24(23)30)29-14-12-28(13-15-29)21-6-4-5-11-25-21/h4-11,16H,12-15H2,1-3H3/p+1. The minimum atomic E-state index is 0.935. The molecule has 0 bridgehead atoms. The average Bonchev–Trinajstić information content (AvgIpc) is 3.10. The lowest BCUT2D eigenvalue weighted by molar-refractivity contribution is -0.364. The lowest BCUT2D eigenvalue weighted by Crippen LogP contribution is -2.48. The maximum atomic E-state index is 4.90. The Morgan fingerprint density at radius 2 is 1.60 bits per heavy atom.